The summed E-state index contributed by atoms with van der Waals surface area (Å²) in [6.07, 6.45) is 0. The van der Waals surface area contributed by atoms with Crippen molar-refractivity contribution in [2.24, 2.45) is 11.5 Å². The molecule has 6 nitrogen and oxygen atoms in total. The Labute approximate surface area is 115 Å². The minimum Gasteiger partial charge on any atom is -0.480 e. The van der Waals surface area contributed by atoms with Gasteiger partial charge in [-0.05, 0) is 20.8 Å². The van der Waals surface area contributed by atoms with Gasteiger partial charge in [0.1, 0.15) is 17.7 Å². The number of hydrogen-bond acceptors (Lipinski definition) is 7. The van der Waals surface area contributed by atoms with Crippen molar-refractivity contribution in [1.29, 1.82) is 0 Å². The quantitative estimate of drug-likeness (QED) is 0.352. The molecule has 18 heavy (non-hydrogen) atoms. The number of nitrogens with two attached hydrogens (primary N) is 2. The smallest absolute Gasteiger partial charge is 0.324 e. The molecule has 0 radical (unpaired) electrons. The van der Waals surface area contributed by atoms with Gasteiger partial charge in [-0.2, -0.15) is 0 Å². The molecule has 0 saturated heterocycles. The van der Waals surface area contributed by atoms with Gasteiger partial charge in [0.2, 0.25) is 0 Å². The van der Waals surface area contributed by atoms with Crippen molar-refractivity contribution >= 4 is 33.5 Å². The predicted molar refractivity (Wildman–Crippen MR) is 74.3 cm³/mol. The lowest BCUT2D eigenvalue weighted by Crippen LogP contribution is -2.39. The third-order valence-corrected chi connectivity index (χ3v) is 4.08. The van der Waals surface area contributed by atoms with Crippen LogP contribution in [0.3, 0.4) is 0 Å². The number of aliphatic carboxylic acids is 1. The Kier molecular flexibility index (Phi) is 7.69. The molecule has 0 rings (SSSR count). The van der Waals surface area contributed by atoms with Gasteiger partial charge >= 0.3 is 11.9 Å². The van der Waals surface area contributed by atoms with Crippen LogP contribution in [0.4, 0.5) is 0 Å². The van der Waals surface area contributed by atoms with Gasteiger partial charge in [-0.15, -0.1) is 0 Å². The number of rotatable bonds is 7. The van der Waals surface area contributed by atoms with E-state index in [0.29, 0.717) is 5.75 Å². The molecular weight excluding hydrogens is 276 g/mol. The molecule has 0 aromatic carbocycles. The largest absolute Gasteiger partial charge is 0.480 e. The fraction of sp³-hybridized carbons (Fsp3) is 0.800. The molecule has 0 aliphatic carbocycles. The maximum absolute atomic E-state index is 11.5. The Hall–Kier alpha value is -0.440. The average Bonchev–Trinajstić information content (AvgIpc) is 2.20. The summed E-state index contributed by atoms with van der Waals surface area (Å²) < 4.78 is 5.11. The maximum atomic E-state index is 11.5. The van der Waals surface area contributed by atoms with Crippen LogP contribution in [0.5, 0.6) is 0 Å². The SMILES string of the molecule is CC(C)(C)OC(=O)C(N)CSSCC(N)C(=O)O. The van der Waals surface area contributed by atoms with Crippen molar-refractivity contribution in [2.75, 3.05) is 11.5 Å². The van der Waals surface area contributed by atoms with Gasteiger partial charge < -0.3 is 21.3 Å². The van der Waals surface area contributed by atoms with Crippen molar-refractivity contribution in [3.05, 3.63) is 0 Å². The molecule has 106 valence electrons. The zero-order valence-corrected chi connectivity index (χ0v) is 12.3. The average molecular weight is 296 g/mol. The minimum atomic E-state index is -1.04. The summed E-state index contributed by atoms with van der Waals surface area (Å²) in [7, 11) is 2.59. The lowest BCUT2D eigenvalue weighted by Gasteiger charge is -2.21. The molecular formula is C10H20N2O4S2. The Bertz CT molecular complexity index is 294. The molecule has 0 bridgehead atoms. The first-order valence-corrected chi connectivity index (χ1v) is 7.83. The number of hydrogen-bond donors (Lipinski definition) is 3. The third kappa shape index (κ3) is 8.62. The van der Waals surface area contributed by atoms with E-state index in [9.17, 15) is 9.59 Å². The van der Waals surface area contributed by atoms with Crippen LogP contribution >= 0.6 is 21.6 Å². The maximum Gasteiger partial charge on any atom is 0.324 e. The predicted octanol–water partition coefficient (Wildman–Crippen LogP) is 0.449. The highest BCUT2D eigenvalue weighted by atomic mass is 33.1. The van der Waals surface area contributed by atoms with E-state index in [1.807, 2.05) is 0 Å². The molecule has 0 saturated carbocycles. The Balaban J connectivity index is 3.80. The molecule has 0 heterocycles. The van der Waals surface area contributed by atoms with Gasteiger partial charge in [0.05, 0.1) is 0 Å². The number of carboxylic acid groups (broad SMARTS) is 1. The Morgan fingerprint density at radius 3 is 2.00 bits per heavy atom. The van der Waals surface area contributed by atoms with E-state index in [4.69, 9.17) is 21.3 Å². The number of carboxylic acids is 1. The number of esters is 1. The molecule has 2 unspecified atom stereocenters. The second-order valence-electron chi connectivity index (χ2n) is 4.65. The van der Waals surface area contributed by atoms with Crippen LogP contribution in [0.15, 0.2) is 0 Å². The van der Waals surface area contributed by atoms with Crippen LogP contribution in [0, 0.1) is 0 Å². The summed E-state index contributed by atoms with van der Waals surface area (Å²) in [5.74, 6) is -0.884. The molecule has 0 aromatic rings. The molecule has 0 amide bonds. The van der Waals surface area contributed by atoms with Crippen LogP contribution in [0.25, 0.3) is 0 Å². The van der Waals surface area contributed by atoms with E-state index in [-0.39, 0.29) is 5.75 Å². The van der Waals surface area contributed by atoms with E-state index >= 15 is 0 Å². The second-order valence-corrected chi connectivity index (χ2v) is 7.21. The first-order valence-electron chi connectivity index (χ1n) is 5.34. The summed E-state index contributed by atoms with van der Waals surface area (Å²) in [6, 6.07) is -1.62. The second kappa shape index (κ2) is 7.88. The topological polar surface area (TPSA) is 116 Å². The summed E-state index contributed by atoms with van der Waals surface area (Å²) in [5, 5.41) is 8.56. The molecule has 0 aliphatic rings. The highest BCUT2D eigenvalue weighted by Gasteiger charge is 2.22. The lowest BCUT2D eigenvalue weighted by atomic mass is 10.2. The molecule has 0 aliphatic heterocycles. The summed E-state index contributed by atoms with van der Waals surface area (Å²) >= 11 is 0. The van der Waals surface area contributed by atoms with Gasteiger partial charge in [0.15, 0.2) is 0 Å². The van der Waals surface area contributed by atoms with Crippen molar-refractivity contribution in [2.45, 2.75) is 38.5 Å². The van der Waals surface area contributed by atoms with Gasteiger partial charge in [0, 0.05) is 11.5 Å². The lowest BCUT2D eigenvalue weighted by molar-refractivity contribution is -0.155. The molecule has 2 atom stereocenters. The van der Waals surface area contributed by atoms with E-state index in [0.717, 1.165) is 0 Å². The van der Waals surface area contributed by atoms with Gasteiger partial charge in [-0.1, -0.05) is 21.6 Å². The first kappa shape index (κ1) is 17.6. The monoisotopic (exact) mass is 296 g/mol. The van der Waals surface area contributed by atoms with Crippen LogP contribution in [-0.2, 0) is 14.3 Å². The molecule has 0 aromatic heterocycles. The standard InChI is InChI=1S/C10H20N2O4S2/c1-10(2,3)16-9(15)7(12)5-18-17-4-6(11)8(13)14/h6-7H,4-5,11-12H2,1-3H3,(H,13,14). The van der Waals surface area contributed by atoms with Crippen LogP contribution in [0.1, 0.15) is 20.8 Å². The van der Waals surface area contributed by atoms with Crippen LogP contribution < -0.4 is 11.5 Å². The summed E-state index contributed by atoms with van der Waals surface area (Å²) in [5.41, 5.74) is 10.4. The zero-order chi connectivity index (χ0) is 14.3. The minimum absolute atomic E-state index is 0.265. The van der Waals surface area contributed by atoms with Crippen molar-refractivity contribution < 1.29 is 19.4 Å². The highest BCUT2D eigenvalue weighted by Crippen LogP contribution is 2.22. The zero-order valence-electron chi connectivity index (χ0n) is 10.7. The van der Waals surface area contributed by atoms with E-state index in [1.165, 1.54) is 21.6 Å². The number of carbonyl (C=O) groups excluding carboxylic acids is 1. The van der Waals surface area contributed by atoms with Crippen molar-refractivity contribution in [3.8, 4) is 0 Å². The van der Waals surface area contributed by atoms with E-state index in [2.05, 4.69) is 0 Å². The van der Waals surface area contributed by atoms with E-state index in [1.54, 1.807) is 20.8 Å². The first-order chi connectivity index (χ1) is 8.13. The fourth-order valence-corrected chi connectivity index (χ4v) is 2.98. The number of ether oxygens (including phenoxy) is 1. The fourth-order valence-electron chi connectivity index (χ4n) is 0.760. The van der Waals surface area contributed by atoms with Crippen molar-refractivity contribution in [1.82, 2.24) is 0 Å². The summed E-state index contributed by atoms with van der Waals surface area (Å²) in [6.45, 7) is 5.31. The normalized spacial score (nSPS) is 14.9. The van der Waals surface area contributed by atoms with Gasteiger partial charge in [-0.3, -0.25) is 9.59 Å². The van der Waals surface area contributed by atoms with Gasteiger partial charge in [0.25, 0.3) is 0 Å². The summed E-state index contributed by atoms with van der Waals surface area (Å²) in [4.78, 5) is 22.0. The molecule has 0 fully saturated rings. The van der Waals surface area contributed by atoms with Crippen LogP contribution in [-0.4, -0.2) is 46.2 Å². The third-order valence-electron chi connectivity index (χ3n) is 1.61. The van der Waals surface area contributed by atoms with Crippen LogP contribution in [0.2, 0.25) is 0 Å². The van der Waals surface area contributed by atoms with Gasteiger partial charge in [-0.25, -0.2) is 0 Å². The Morgan fingerprint density at radius 1 is 1.17 bits per heavy atom. The Morgan fingerprint density at radius 2 is 1.61 bits per heavy atom. The highest BCUT2D eigenvalue weighted by molar-refractivity contribution is 8.76. The molecule has 8 heteroatoms. The van der Waals surface area contributed by atoms with E-state index < -0.39 is 29.6 Å². The van der Waals surface area contributed by atoms with Crippen molar-refractivity contribution in [3.63, 3.8) is 0 Å². The number of carbonyl (C=O) groups is 2. The molecule has 5 N–H and O–H groups in total. The molecule has 0 spiro atoms.